The first-order valence-electron chi connectivity index (χ1n) is 6.18. The Kier molecular flexibility index (Phi) is 3.86. The van der Waals surface area contributed by atoms with E-state index in [1.807, 2.05) is 4.57 Å². The van der Waals surface area contributed by atoms with E-state index >= 15 is 0 Å². The molecule has 1 heterocycles. The van der Waals surface area contributed by atoms with Crippen LogP contribution in [0.25, 0.3) is 0 Å². The smallest absolute Gasteiger partial charge is 0.360 e. The van der Waals surface area contributed by atoms with Gasteiger partial charge >= 0.3 is 5.97 Å². The number of carbonyl (C=O) groups excluding carboxylic acids is 1. The molecule has 2 rings (SSSR count). The number of esters is 1. The van der Waals surface area contributed by atoms with Crippen LogP contribution >= 0.6 is 0 Å². The van der Waals surface area contributed by atoms with E-state index in [-0.39, 0.29) is 18.3 Å². The van der Waals surface area contributed by atoms with Crippen molar-refractivity contribution in [3.63, 3.8) is 0 Å². The molecule has 0 bridgehead atoms. The van der Waals surface area contributed by atoms with E-state index in [2.05, 4.69) is 9.72 Å². The molecule has 0 amide bonds. The second kappa shape index (κ2) is 5.39. The number of methoxy groups -OCH3 is 1. The predicted octanol–water partition coefficient (Wildman–Crippen LogP) is 0.975. The van der Waals surface area contributed by atoms with Gasteiger partial charge in [-0.05, 0) is 31.6 Å². The number of anilines is 1. The standard InChI is InChI=1S/C12H19N3O3/c1-18-12(17)10-11(13)15(7-14-10)9-4-2-8(6-16)3-5-9/h7-9,16H,2-6,13H2,1H3. The van der Waals surface area contributed by atoms with E-state index in [1.54, 1.807) is 6.33 Å². The first kappa shape index (κ1) is 12.9. The summed E-state index contributed by atoms with van der Waals surface area (Å²) in [7, 11) is 1.31. The number of hydrogen-bond donors (Lipinski definition) is 2. The van der Waals surface area contributed by atoms with Gasteiger partial charge in [0.1, 0.15) is 5.82 Å². The van der Waals surface area contributed by atoms with Crippen LogP contribution in [0.4, 0.5) is 5.82 Å². The number of nitrogen functional groups attached to an aromatic ring is 1. The van der Waals surface area contributed by atoms with E-state index in [4.69, 9.17) is 10.8 Å². The summed E-state index contributed by atoms with van der Waals surface area (Å²) in [5.41, 5.74) is 6.11. The van der Waals surface area contributed by atoms with Gasteiger partial charge in [0, 0.05) is 12.6 Å². The molecular formula is C12H19N3O3. The van der Waals surface area contributed by atoms with Gasteiger partial charge in [-0.2, -0.15) is 0 Å². The number of aliphatic hydroxyl groups excluding tert-OH is 1. The fourth-order valence-corrected chi connectivity index (χ4v) is 2.52. The van der Waals surface area contributed by atoms with E-state index in [0.29, 0.717) is 11.7 Å². The van der Waals surface area contributed by atoms with Crippen molar-refractivity contribution in [1.82, 2.24) is 9.55 Å². The van der Waals surface area contributed by atoms with Crippen molar-refractivity contribution >= 4 is 11.8 Å². The molecule has 1 aliphatic rings. The molecule has 6 heteroatoms. The number of imidazole rings is 1. The molecule has 0 saturated heterocycles. The lowest BCUT2D eigenvalue weighted by Crippen LogP contribution is -2.21. The topological polar surface area (TPSA) is 90.4 Å². The van der Waals surface area contributed by atoms with Crippen LogP contribution in [0, 0.1) is 5.92 Å². The summed E-state index contributed by atoms with van der Waals surface area (Å²) in [6.45, 7) is 0.250. The molecule has 1 aromatic rings. The van der Waals surface area contributed by atoms with Crippen LogP contribution < -0.4 is 5.73 Å². The van der Waals surface area contributed by atoms with Crippen LogP contribution in [0.1, 0.15) is 42.2 Å². The molecule has 0 atom stereocenters. The molecule has 0 spiro atoms. The van der Waals surface area contributed by atoms with Crippen molar-refractivity contribution in [3.05, 3.63) is 12.0 Å². The van der Waals surface area contributed by atoms with Crippen LogP contribution in [0.3, 0.4) is 0 Å². The molecule has 1 saturated carbocycles. The summed E-state index contributed by atoms with van der Waals surface area (Å²) >= 11 is 0. The van der Waals surface area contributed by atoms with E-state index < -0.39 is 5.97 Å². The second-order valence-corrected chi connectivity index (χ2v) is 4.73. The second-order valence-electron chi connectivity index (χ2n) is 4.73. The minimum absolute atomic E-state index is 0.182. The minimum Gasteiger partial charge on any atom is -0.464 e. The van der Waals surface area contributed by atoms with Gasteiger partial charge in [-0.15, -0.1) is 0 Å². The quantitative estimate of drug-likeness (QED) is 0.783. The molecule has 1 aromatic heterocycles. The van der Waals surface area contributed by atoms with Gasteiger partial charge in [-0.1, -0.05) is 0 Å². The number of aliphatic hydroxyl groups is 1. The lowest BCUT2D eigenvalue weighted by atomic mass is 9.86. The molecule has 100 valence electrons. The highest BCUT2D eigenvalue weighted by Gasteiger charge is 2.25. The van der Waals surface area contributed by atoms with Crippen LogP contribution in [0.2, 0.25) is 0 Å². The molecule has 6 nitrogen and oxygen atoms in total. The summed E-state index contributed by atoms with van der Waals surface area (Å²) in [6.07, 6.45) is 5.46. The number of ether oxygens (including phenoxy) is 1. The van der Waals surface area contributed by atoms with Crippen LogP contribution in [-0.4, -0.2) is 34.3 Å². The summed E-state index contributed by atoms with van der Waals surface area (Å²) in [5, 5.41) is 9.11. The molecule has 1 fully saturated rings. The monoisotopic (exact) mass is 253 g/mol. The first-order chi connectivity index (χ1) is 8.67. The maximum atomic E-state index is 11.4. The maximum absolute atomic E-state index is 11.4. The van der Waals surface area contributed by atoms with E-state index in [1.165, 1.54) is 7.11 Å². The summed E-state index contributed by atoms with van der Waals surface area (Å²) < 4.78 is 6.47. The molecule has 3 N–H and O–H groups in total. The Morgan fingerprint density at radius 1 is 1.56 bits per heavy atom. The first-order valence-corrected chi connectivity index (χ1v) is 6.18. The molecular weight excluding hydrogens is 234 g/mol. The number of aromatic nitrogens is 2. The van der Waals surface area contributed by atoms with Crippen molar-refractivity contribution in [2.45, 2.75) is 31.7 Å². The zero-order chi connectivity index (χ0) is 13.1. The highest BCUT2D eigenvalue weighted by Crippen LogP contribution is 2.33. The SMILES string of the molecule is COC(=O)c1ncn(C2CCC(CO)CC2)c1N. The van der Waals surface area contributed by atoms with Crippen LogP contribution in [0.15, 0.2) is 6.33 Å². The van der Waals surface area contributed by atoms with E-state index in [0.717, 1.165) is 25.7 Å². The Bertz CT molecular complexity index is 422. The Hall–Kier alpha value is -1.56. The van der Waals surface area contributed by atoms with Crippen molar-refractivity contribution in [3.8, 4) is 0 Å². The summed E-state index contributed by atoms with van der Waals surface area (Å²) in [5.74, 6) is 0.260. The molecule has 0 aliphatic heterocycles. The Morgan fingerprint density at radius 3 is 2.78 bits per heavy atom. The van der Waals surface area contributed by atoms with Crippen LogP contribution in [-0.2, 0) is 4.74 Å². The van der Waals surface area contributed by atoms with Gasteiger partial charge in [0.2, 0.25) is 0 Å². The van der Waals surface area contributed by atoms with Crippen LogP contribution in [0.5, 0.6) is 0 Å². The van der Waals surface area contributed by atoms with Gasteiger partial charge in [0.05, 0.1) is 13.4 Å². The third-order valence-corrected chi connectivity index (χ3v) is 3.68. The fourth-order valence-electron chi connectivity index (χ4n) is 2.52. The highest BCUT2D eigenvalue weighted by atomic mass is 16.5. The fraction of sp³-hybridized carbons (Fsp3) is 0.667. The Balaban J connectivity index is 2.11. The predicted molar refractivity (Wildman–Crippen MR) is 66.1 cm³/mol. The number of rotatable bonds is 3. The third-order valence-electron chi connectivity index (χ3n) is 3.68. The lowest BCUT2D eigenvalue weighted by Gasteiger charge is -2.28. The van der Waals surface area contributed by atoms with Crippen molar-refractivity contribution < 1.29 is 14.6 Å². The average Bonchev–Trinajstić information content (AvgIpc) is 2.80. The van der Waals surface area contributed by atoms with Gasteiger partial charge in [-0.3, -0.25) is 0 Å². The van der Waals surface area contributed by atoms with Gasteiger partial charge in [0.15, 0.2) is 5.69 Å². The molecule has 1 aliphatic carbocycles. The summed E-state index contributed by atoms with van der Waals surface area (Å²) in [4.78, 5) is 15.4. The maximum Gasteiger partial charge on any atom is 0.360 e. The Labute approximate surface area is 106 Å². The largest absolute Gasteiger partial charge is 0.464 e. The van der Waals surface area contributed by atoms with Crippen molar-refractivity contribution in [2.75, 3.05) is 19.5 Å². The Morgan fingerprint density at radius 2 is 2.22 bits per heavy atom. The zero-order valence-electron chi connectivity index (χ0n) is 10.5. The summed E-state index contributed by atoms with van der Waals surface area (Å²) in [6, 6.07) is 0.263. The van der Waals surface area contributed by atoms with Crippen molar-refractivity contribution in [2.24, 2.45) is 5.92 Å². The normalized spacial score (nSPS) is 23.9. The number of hydrogen-bond acceptors (Lipinski definition) is 5. The van der Waals surface area contributed by atoms with Gasteiger partial charge < -0.3 is 20.1 Å². The average molecular weight is 253 g/mol. The van der Waals surface area contributed by atoms with Gasteiger partial charge in [-0.25, -0.2) is 9.78 Å². The van der Waals surface area contributed by atoms with E-state index in [9.17, 15) is 4.79 Å². The minimum atomic E-state index is -0.504. The molecule has 0 unspecified atom stereocenters. The lowest BCUT2D eigenvalue weighted by molar-refractivity contribution is 0.0596. The zero-order valence-corrected chi connectivity index (χ0v) is 10.5. The number of nitrogens with two attached hydrogens (primary N) is 1. The molecule has 0 radical (unpaired) electrons. The van der Waals surface area contributed by atoms with Crippen molar-refractivity contribution in [1.29, 1.82) is 0 Å². The number of nitrogens with zero attached hydrogens (tertiary/aromatic N) is 2. The molecule has 0 aromatic carbocycles. The highest BCUT2D eigenvalue weighted by molar-refractivity contribution is 5.92. The molecule has 18 heavy (non-hydrogen) atoms. The van der Waals surface area contributed by atoms with Gasteiger partial charge in [0.25, 0.3) is 0 Å². The number of carbonyl (C=O) groups is 1. The third kappa shape index (κ3) is 2.33.